The third-order valence-electron chi connectivity index (χ3n) is 5.51. The van der Waals surface area contributed by atoms with Crippen molar-refractivity contribution in [3.05, 3.63) is 41.1 Å². The quantitative estimate of drug-likeness (QED) is 0.685. The van der Waals surface area contributed by atoms with E-state index in [2.05, 4.69) is 25.3 Å². The van der Waals surface area contributed by atoms with Gasteiger partial charge in [-0.25, -0.2) is 4.98 Å². The highest BCUT2D eigenvalue weighted by atomic mass is 19.4. The molecule has 1 saturated carbocycles. The number of anilines is 2. The lowest BCUT2D eigenvalue weighted by atomic mass is 9.91. The van der Waals surface area contributed by atoms with Gasteiger partial charge in [0.15, 0.2) is 0 Å². The third kappa shape index (κ3) is 6.24. The zero-order valence-corrected chi connectivity index (χ0v) is 18.6. The molecule has 10 heteroatoms. The van der Waals surface area contributed by atoms with Crippen LogP contribution in [0.4, 0.5) is 24.9 Å². The van der Waals surface area contributed by atoms with Gasteiger partial charge in [0.05, 0.1) is 0 Å². The van der Waals surface area contributed by atoms with Crippen LogP contribution in [-0.2, 0) is 0 Å². The number of ether oxygens (including phenoxy) is 1. The van der Waals surface area contributed by atoms with Crippen molar-refractivity contribution in [1.82, 2.24) is 15.3 Å². The second-order valence-electron chi connectivity index (χ2n) is 8.22. The van der Waals surface area contributed by atoms with Crippen LogP contribution in [0.2, 0.25) is 0 Å². The molecule has 1 heterocycles. The molecule has 1 fully saturated rings. The number of aromatic nitrogens is 2. The molecule has 2 N–H and O–H groups in total. The number of hydrogen-bond acceptors (Lipinski definition) is 6. The number of alkyl halides is 3. The van der Waals surface area contributed by atoms with E-state index >= 15 is 0 Å². The van der Waals surface area contributed by atoms with Crippen molar-refractivity contribution in [3.8, 4) is 5.75 Å². The summed E-state index contributed by atoms with van der Waals surface area (Å²) >= 11 is 0. The minimum Gasteiger partial charge on any atom is -0.406 e. The maximum absolute atomic E-state index is 12.5. The molecular formula is C22H28F3N5O2. The Balaban J connectivity index is 1.54. The molecule has 174 valence electrons. The van der Waals surface area contributed by atoms with Crippen molar-refractivity contribution in [2.45, 2.75) is 58.0 Å². The van der Waals surface area contributed by atoms with E-state index in [9.17, 15) is 18.0 Å². The van der Waals surface area contributed by atoms with Gasteiger partial charge in [-0.3, -0.25) is 4.79 Å². The molecule has 32 heavy (non-hydrogen) atoms. The van der Waals surface area contributed by atoms with Crippen LogP contribution in [0.25, 0.3) is 0 Å². The molecule has 0 radical (unpaired) electrons. The first-order valence-electron chi connectivity index (χ1n) is 10.5. The largest absolute Gasteiger partial charge is 0.573 e. The Kier molecular flexibility index (Phi) is 7.10. The summed E-state index contributed by atoms with van der Waals surface area (Å²) in [7, 11) is 3.88. The van der Waals surface area contributed by atoms with Crippen LogP contribution in [-0.4, -0.2) is 48.4 Å². The molecule has 0 bridgehead atoms. The Morgan fingerprint density at radius 3 is 2.38 bits per heavy atom. The molecule has 3 rings (SSSR count). The number of hydrogen-bond donors (Lipinski definition) is 2. The first-order valence-corrected chi connectivity index (χ1v) is 10.5. The van der Waals surface area contributed by atoms with E-state index in [-0.39, 0.29) is 17.6 Å². The van der Waals surface area contributed by atoms with Crippen LogP contribution < -0.4 is 20.3 Å². The highest BCUT2D eigenvalue weighted by molar-refractivity contribution is 5.94. The molecule has 0 spiro atoms. The summed E-state index contributed by atoms with van der Waals surface area (Å²) < 4.78 is 41.1. The minimum absolute atomic E-state index is 0.0502. The zero-order valence-electron chi connectivity index (χ0n) is 18.6. The Hall–Kier alpha value is -3.04. The first-order chi connectivity index (χ1) is 15.0. The molecular weight excluding hydrogens is 423 g/mol. The van der Waals surface area contributed by atoms with Crippen molar-refractivity contribution in [2.24, 2.45) is 0 Å². The van der Waals surface area contributed by atoms with Crippen LogP contribution in [0.15, 0.2) is 24.3 Å². The SMILES string of the molecule is Cc1nc(N[C@H]2CC[C@@H](NC(=O)c3cccc(OC(F)(F)F)c3)CC2)nc(N(C)C)c1C. The topological polar surface area (TPSA) is 79.4 Å². The summed E-state index contributed by atoms with van der Waals surface area (Å²) in [6, 6.07) is 5.22. The lowest BCUT2D eigenvalue weighted by Gasteiger charge is -2.30. The second kappa shape index (κ2) is 9.62. The van der Waals surface area contributed by atoms with E-state index in [0.29, 0.717) is 5.95 Å². The highest BCUT2D eigenvalue weighted by Crippen LogP contribution is 2.26. The first kappa shape index (κ1) is 23.6. The summed E-state index contributed by atoms with van der Waals surface area (Å²) in [6.45, 7) is 3.95. The number of rotatable bonds is 6. The molecule has 0 unspecified atom stereocenters. The van der Waals surface area contributed by atoms with E-state index in [0.717, 1.165) is 54.9 Å². The van der Waals surface area contributed by atoms with Gasteiger partial charge in [-0.05, 0) is 57.7 Å². The molecule has 0 aliphatic heterocycles. The summed E-state index contributed by atoms with van der Waals surface area (Å²) in [6.07, 6.45) is -1.68. The number of amides is 1. The maximum Gasteiger partial charge on any atom is 0.573 e. The van der Waals surface area contributed by atoms with Gasteiger partial charge in [0, 0.05) is 43.0 Å². The van der Waals surface area contributed by atoms with Crippen molar-refractivity contribution >= 4 is 17.7 Å². The summed E-state index contributed by atoms with van der Waals surface area (Å²) in [5.74, 6) is 0.633. The molecule has 7 nitrogen and oxygen atoms in total. The fraction of sp³-hybridized carbons (Fsp3) is 0.500. The van der Waals surface area contributed by atoms with Gasteiger partial charge in [0.2, 0.25) is 5.95 Å². The van der Waals surface area contributed by atoms with Crippen LogP contribution in [0.1, 0.15) is 47.3 Å². The highest BCUT2D eigenvalue weighted by Gasteiger charge is 2.31. The third-order valence-corrected chi connectivity index (χ3v) is 5.51. The lowest BCUT2D eigenvalue weighted by Crippen LogP contribution is -2.40. The Morgan fingerprint density at radius 2 is 1.75 bits per heavy atom. The van der Waals surface area contributed by atoms with Crippen LogP contribution >= 0.6 is 0 Å². The molecule has 1 aromatic heterocycles. The number of benzene rings is 1. The van der Waals surface area contributed by atoms with Gasteiger partial charge >= 0.3 is 6.36 Å². The van der Waals surface area contributed by atoms with Crippen molar-refractivity contribution in [1.29, 1.82) is 0 Å². The van der Waals surface area contributed by atoms with Gasteiger partial charge < -0.3 is 20.3 Å². The second-order valence-corrected chi connectivity index (χ2v) is 8.22. The summed E-state index contributed by atoms with van der Waals surface area (Å²) in [5, 5.41) is 6.30. The van der Waals surface area contributed by atoms with Crippen molar-refractivity contribution in [3.63, 3.8) is 0 Å². The monoisotopic (exact) mass is 451 g/mol. The van der Waals surface area contributed by atoms with E-state index < -0.39 is 18.0 Å². The van der Waals surface area contributed by atoms with Gasteiger partial charge in [-0.15, -0.1) is 13.2 Å². The predicted molar refractivity (Wildman–Crippen MR) is 116 cm³/mol. The number of carbonyl (C=O) groups is 1. The number of nitrogens with one attached hydrogen (secondary N) is 2. The van der Waals surface area contributed by atoms with Crippen molar-refractivity contribution in [2.75, 3.05) is 24.3 Å². The molecule has 2 aromatic rings. The fourth-order valence-electron chi connectivity index (χ4n) is 3.78. The maximum atomic E-state index is 12.5. The normalized spacial score (nSPS) is 18.7. The molecule has 1 aromatic carbocycles. The number of nitrogens with zero attached hydrogens (tertiary/aromatic N) is 3. The molecule has 0 atom stereocenters. The smallest absolute Gasteiger partial charge is 0.406 e. The minimum atomic E-state index is -4.80. The van der Waals surface area contributed by atoms with Crippen LogP contribution in [0.3, 0.4) is 0 Å². The van der Waals surface area contributed by atoms with Crippen LogP contribution in [0.5, 0.6) is 5.75 Å². The average Bonchev–Trinajstić information content (AvgIpc) is 2.70. The summed E-state index contributed by atoms with van der Waals surface area (Å²) in [5.41, 5.74) is 2.09. The Bertz CT molecular complexity index is 957. The van der Waals surface area contributed by atoms with Crippen molar-refractivity contribution < 1.29 is 22.7 Å². The molecule has 1 amide bonds. The zero-order chi connectivity index (χ0) is 23.5. The number of carbonyl (C=O) groups excluding carboxylic acids is 1. The fourth-order valence-corrected chi connectivity index (χ4v) is 3.78. The standard InChI is InChI=1S/C22H28F3N5O2/c1-13-14(2)26-21(29-19(13)30(3)4)28-17-10-8-16(9-11-17)27-20(31)15-6-5-7-18(12-15)32-22(23,24)25/h5-7,12,16-17H,8-11H2,1-4H3,(H,27,31)(H,26,28,29)/t16-,17+. The number of aryl methyl sites for hydroxylation is 1. The van der Waals surface area contributed by atoms with Gasteiger partial charge in [0.25, 0.3) is 5.91 Å². The van der Waals surface area contributed by atoms with E-state index in [1.165, 1.54) is 12.1 Å². The molecule has 1 aliphatic carbocycles. The molecule has 1 aliphatic rings. The Morgan fingerprint density at radius 1 is 1.09 bits per heavy atom. The average molecular weight is 451 g/mol. The van der Waals surface area contributed by atoms with Crippen LogP contribution in [0, 0.1) is 13.8 Å². The summed E-state index contributed by atoms with van der Waals surface area (Å²) in [4.78, 5) is 23.6. The van der Waals surface area contributed by atoms with Gasteiger partial charge in [-0.1, -0.05) is 6.07 Å². The predicted octanol–water partition coefficient (Wildman–Crippen LogP) is 4.21. The van der Waals surface area contributed by atoms with E-state index in [1.807, 2.05) is 32.8 Å². The number of halogens is 3. The Labute approximate surface area is 185 Å². The van der Waals surface area contributed by atoms with Gasteiger partial charge in [0.1, 0.15) is 11.6 Å². The van der Waals surface area contributed by atoms with Gasteiger partial charge in [-0.2, -0.15) is 4.98 Å². The molecule has 0 saturated heterocycles. The lowest BCUT2D eigenvalue weighted by molar-refractivity contribution is -0.274. The van der Waals surface area contributed by atoms with E-state index in [1.54, 1.807) is 0 Å². The van der Waals surface area contributed by atoms with E-state index in [4.69, 9.17) is 0 Å².